The van der Waals surface area contributed by atoms with E-state index in [-0.39, 0.29) is 5.91 Å². The molecule has 20 heavy (non-hydrogen) atoms. The van der Waals surface area contributed by atoms with Crippen molar-refractivity contribution in [3.8, 4) is 0 Å². The van der Waals surface area contributed by atoms with E-state index in [4.69, 9.17) is 11.6 Å². The molecule has 1 aliphatic heterocycles. The van der Waals surface area contributed by atoms with Gasteiger partial charge in [-0.1, -0.05) is 32.4 Å². The fourth-order valence-electron chi connectivity index (χ4n) is 2.80. The first-order chi connectivity index (χ1) is 9.29. The molecule has 1 aliphatic rings. The van der Waals surface area contributed by atoms with Crippen LogP contribution in [0.2, 0.25) is 5.02 Å². The Kier molecular flexibility index (Phi) is 4.70. The molecule has 0 bridgehead atoms. The van der Waals surface area contributed by atoms with Gasteiger partial charge in [0, 0.05) is 18.0 Å². The summed E-state index contributed by atoms with van der Waals surface area (Å²) in [5, 5.41) is 0.505. The van der Waals surface area contributed by atoms with Crippen molar-refractivity contribution >= 4 is 30.1 Å². The number of hydrogen-bond donors (Lipinski definition) is 1. The van der Waals surface area contributed by atoms with Gasteiger partial charge in [0.1, 0.15) is 0 Å². The minimum Gasteiger partial charge on any atom is -0.339 e. The van der Waals surface area contributed by atoms with E-state index in [2.05, 4.69) is 33.4 Å². The number of amides is 1. The van der Waals surface area contributed by atoms with Crippen LogP contribution >= 0.6 is 24.2 Å². The lowest BCUT2D eigenvalue weighted by atomic mass is 9.75. The molecule has 0 aliphatic carbocycles. The van der Waals surface area contributed by atoms with Crippen molar-refractivity contribution in [2.75, 3.05) is 13.1 Å². The maximum Gasteiger partial charge on any atom is 0.255 e. The lowest BCUT2D eigenvalue weighted by Gasteiger charge is -2.38. The predicted octanol–water partition coefficient (Wildman–Crippen LogP) is 4.53. The zero-order valence-electron chi connectivity index (χ0n) is 12.3. The topological polar surface area (TPSA) is 20.3 Å². The molecule has 0 unspecified atom stereocenters. The van der Waals surface area contributed by atoms with Gasteiger partial charge < -0.3 is 4.90 Å². The van der Waals surface area contributed by atoms with Crippen LogP contribution in [0.1, 0.15) is 44.0 Å². The van der Waals surface area contributed by atoms with Crippen LogP contribution in [0.15, 0.2) is 23.1 Å². The third-order valence-electron chi connectivity index (χ3n) is 4.19. The first-order valence-electron chi connectivity index (χ1n) is 7.07. The number of rotatable bonds is 1. The summed E-state index contributed by atoms with van der Waals surface area (Å²) in [7, 11) is 0. The molecular weight excluding hydrogens is 290 g/mol. The van der Waals surface area contributed by atoms with Gasteiger partial charge in [0.2, 0.25) is 0 Å². The molecule has 0 spiro atoms. The van der Waals surface area contributed by atoms with E-state index in [9.17, 15) is 4.79 Å². The highest BCUT2D eigenvalue weighted by molar-refractivity contribution is 7.80. The van der Waals surface area contributed by atoms with Crippen molar-refractivity contribution in [2.24, 2.45) is 11.3 Å². The van der Waals surface area contributed by atoms with Crippen molar-refractivity contribution in [1.82, 2.24) is 4.90 Å². The molecule has 0 radical (unpaired) electrons. The smallest absolute Gasteiger partial charge is 0.255 e. The Morgan fingerprint density at radius 2 is 1.90 bits per heavy atom. The Balaban J connectivity index is 2.07. The van der Waals surface area contributed by atoms with Crippen molar-refractivity contribution < 1.29 is 4.79 Å². The lowest BCUT2D eigenvalue weighted by Crippen LogP contribution is -2.41. The zero-order valence-corrected chi connectivity index (χ0v) is 14.0. The van der Waals surface area contributed by atoms with Crippen molar-refractivity contribution in [3.05, 3.63) is 28.8 Å². The van der Waals surface area contributed by atoms with E-state index >= 15 is 0 Å². The molecule has 1 aromatic rings. The van der Waals surface area contributed by atoms with Crippen LogP contribution in [-0.2, 0) is 0 Å². The highest BCUT2D eigenvalue weighted by Gasteiger charge is 2.31. The van der Waals surface area contributed by atoms with Crippen LogP contribution in [0, 0.1) is 11.3 Å². The van der Waals surface area contributed by atoms with E-state index in [1.165, 1.54) is 0 Å². The van der Waals surface area contributed by atoms with Gasteiger partial charge in [0.05, 0.1) is 10.6 Å². The Hall–Kier alpha value is -0.670. The van der Waals surface area contributed by atoms with Gasteiger partial charge in [-0.3, -0.25) is 4.79 Å². The number of benzene rings is 1. The van der Waals surface area contributed by atoms with Gasteiger partial charge in [0.25, 0.3) is 5.91 Å². The molecular formula is C16H22ClNOS. The van der Waals surface area contributed by atoms with Crippen LogP contribution in [-0.4, -0.2) is 23.9 Å². The van der Waals surface area contributed by atoms with Gasteiger partial charge >= 0.3 is 0 Å². The third kappa shape index (κ3) is 3.50. The second-order valence-corrected chi connectivity index (χ2v) is 7.52. The van der Waals surface area contributed by atoms with Gasteiger partial charge in [-0.15, -0.1) is 12.6 Å². The number of piperidine rings is 1. The Bertz CT molecular complexity index is 502. The van der Waals surface area contributed by atoms with Gasteiger partial charge in [-0.25, -0.2) is 0 Å². The molecule has 2 rings (SSSR count). The highest BCUT2D eigenvalue weighted by Crippen LogP contribution is 2.35. The number of nitrogens with zero attached hydrogens (tertiary/aromatic N) is 1. The molecule has 1 fully saturated rings. The maximum atomic E-state index is 12.5. The van der Waals surface area contributed by atoms with E-state index in [0.29, 0.717) is 21.9 Å². The summed E-state index contributed by atoms with van der Waals surface area (Å²) in [5.41, 5.74) is 0.881. The minimum absolute atomic E-state index is 0.0262. The highest BCUT2D eigenvalue weighted by atomic mass is 35.5. The first-order valence-corrected chi connectivity index (χ1v) is 7.89. The fourth-order valence-corrected chi connectivity index (χ4v) is 3.20. The summed E-state index contributed by atoms with van der Waals surface area (Å²) in [6, 6.07) is 5.29. The molecule has 0 atom stereocenters. The summed E-state index contributed by atoms with van der Waals surface area (Å²) in [6.07, 6.45) is 2.13. The number of carbonyl (C=O) groups is 1. The predicted molar refractivity (Wildman–Crippen MR) is 86.8 cm³/mol. The largest absolute Gasteiger partial charge is 0.339 e. The number of likely N-dealkylation sites (tertiary alicyclic amines) is 1. The van der Waals surface area contributed by atoms with E-state index in [1.54, 1.807) is 18.2 Å². The molecule has 1 saturated heterocycles. The van der Waals surface area contributed by atoms with Gasteiger partial charge in [0.15, 0.2) is 0 Å². The fraction of sp³-hybridized carbons (Fsp3) is 0.562. The molecule has 2 nitrogen and oxygen atoms in total. The first kappa shape index (κ1) is 15.7. The van der Waals surface area contributed by atoms with Crippen molar-refractivity contribution in [3.63, 3.8) is 0 Å². The minimum atomic E-state index is 0.0262. The normalized spacial score (nSPS) is 17.4. The van der Waals surface area contributed by atoms with Crippen LogP contribution in [0.25, 0.3) is 0 Å². The van der Waals surface area contributed by atoms with E-state index in [0.717, 1.165) is 30.8 Å². The summed E-state index contributed by atoms with van der Waals surface area (Å²) >= 11 is 10.4. The molecule has 0 saturated carbocycles. The third-order valence-corrected chi connectivity index (χ3v) is 4.80. The molecule has 4 heteroatoms. The molecule has 0 N–H and O–H groups in total. The maximum absolute atomic E-state index is 12.5. The summed E-state index contributed by atoms with van der Waals surface area (Å²) in [4.78, 5) is 15.2. The van der Waals surface area contributed by atoms with Gasteiger partial charge in [-0.05, 0) is 42.4 Å². The second-order valence-electron chi connectivity index (χ2n) is 6.60. The quantitative estimate of drug-likeness (QED) is 0.756. The summed E-state index contributed by atoms with van der Waals surface area (Å²) in [6.45, 7) is 8.45. The van der Waals surface area contributed by atoms with Crippen LogP contribution in [0.5, 0.6) is 0 Å². The standard InChI is InChI=1S/C16H22ClNOS/c1-16(2,3)11-6-8-18(9-7-11)15(19)13-10-12(20)4-5-14(13)17/h4-5,10-11,20H,6-9H2,1-3H3. The number of hydrogen-bond acceptors (Lipinski definition) is 2. The van der Waals surface area contributed by atoms with Crippen LogP contribution in [0.3, 0.4) is 0 Å². The average Bonchev–Trinajstić information content (AvgIpc) is 2.40. The molecule has 1 amide bonds. The van der Waals surface area contributed by atoms with Gasteiger partial charge in [-0.2, -0.15) is 0 Å². The van der Waals surface area contributed by atoms with Crippen molar-refractivity contribution in [2.45, 2.75) is 38.5 Å². The van der Waals surface area contributed by atoms with Crippen LogP contribution < -0.4 is 0 Å². The Morgan fingerprint density at radius 1 is 1.30 bits per heavy atom. The molecule has 1 aromatic carbocycles. The molecule has 1 heterocycles. The molecule has 0 aromatic heterocycles. The number of carbonyl (C=O) groups excluding carboxylic acids is 1. The second kappa shape index (κ2) is 5.98. The lowest BCUT2D eigenvalue weighted by molar-refractivity contribution is 0.0608. The molecule has 110 valence electrons. The van der Waals surface area contributed by atoms with Crippen molar-refractivity contribution in [1.29, 1.82) is 0 Å². The monoisotopic (exact) mass is 311 g/mol. The number of thiol groups is 1. The number of halogens is 1. The van der Waals surface area contributed by atoms with Crippen LogP contribution in [0.4, 0.5) is 0 Å². The summed E-state index contributed by atoms with van der Waals surface area (Å²) < 4.78 is 0. The average molecular weight is 312 g/mol. The van der Waals surface area contributed by atoms with E-state index in [1.807, 2.05) is 4.90 Å². The summed E-state index contributed by atoms with van der Waals surface area (Å²) in [5.74, 6) is 0.705. The Labute approximate surface area is 131 Å². The SMILES string of the molecule is CC(C)(C)C1CCN(C(=O)c2cc(S)ccc2Cl)CC1. The Morgan fingerprint density at radius 3 is 2.45 bits per heavy atom. The van der Waals surface area contributed by atoms with E-state index < -0.39 is 0 Å². The zero-order chi connectivity index (χ0) is 14.9.